The van der Waals surface area contributed by atoms with Gasteiger partial charge >= 0.3 is 11.9 Å². The van der Waals surface area contributed by atoms with E-state index in [0.29, 0.717) is 26.1 Å². The highest BCUT2D eigenvalue weighted by Gasteiger charge is 2.13. The summed E-state index contributed by atoms with van der Waals surface area (Å²) in [6.07, 6.45) is 13.0. The molecule has 0 heterocycles. The van der Waals surface area contributed by atoms with Crippen molar-refractivity contribution in [2.45, 2.75) is 110 Å². The van der Waals surface area contributed by atoms with Crippen molar-refractivity contribution in [2.24, 2.45) is 0 Å². The molecule has 0 aliphatic carbocycles. The number of hydrogen-bond acceptors (Lipinski definition) is 5. The standard InChI is InChI=1S/C23H44O6/c1-3-5-7-8-9-10-11-14-21(28-19-18-27-17-6-4-2)20-29-23(26)16-13-12-15-22(24)25/h21H,3-20H2,1-2H3,(H,24,25). The second kappa shape index (κ2) is 21.6. The van der Waals surface area contributed by atoms with E-state index in [9.17, 15) is 9.59 Å². The van der Waals surface area contributed by atoms with Gasteiger partial charge in [-0.25, -0.2) is 0 Å². The van der Waals surface area contributed by atoms with Crippen molar-refractivity contribution >= 4 is 11.9 Å². The third-order valence-corrected chi connectivity index (χ3v) is 4.80. The molecule has 1 unspecified atom stereocenters. The Kier molecular flexibility index (Phi) is 20.7. The summed E-state index contributed by atoms with van der Waals surface area (Å²) in [6, 6.07) is 0. The molecule has 0 radical (unpaired) electrons. The zero-order valence-corrected chi connectivity index (χ0v) is 18.8. The van der Waals surface area contributed by atoms with Gasteiger partial charge < -0.3 is 19.3 Å². The van der Waals surface area contributed by atoms with Gasteiger partial charge in [0.05, 0.1) is 19.3 Å². The van der Waals surface area contributed by atoms with Crippen LogP contribution < -0.4 is 0 Å². The zero-order chi connectivity index (χ0) is 21.6. The number of ether oxygens (including phenoxy) is 3. The average Bonchev–Trinajstić information content (AvgIpc) is 2.70. The van der Waals surface area contributed by atoms with Gasteiger partial charge in [0.1, 0.15) is 6.61 Å². The fraction of sp³-hybridized carbons (Fsp3) is 0.913. The van der Waals surface area contributed by atoms with Crippen LogP contribution >= 0.6 is 0 Å². The lowest BCUT2D eigenvalue weighted by molar-refractivity contribution is -0.149. The van der Waals surface area contributed by atoms with Crippen LogP contribution in [-0.2, 0) is 23.8 Å². The summed E-state index contributed by atoms with van der Waals surface area (Å²) < 4.78 is 16.8. The van der Waals surface area contributed by atoms with Gasteiger partial charge in [-0.2, -0.15) is 0 Å². The number of hydrogen-bond donors (Lipinski definition) is 1. The molecule has 172 valence electrons. The molecule has 0 aliphatic heterocycles. The van der Waals surface area contributed by atoms with Gasteiger partial charge in [0.25, 0.3) is 0 Å². The predicted molar refractivity (Wildman–Crippen MR) is 115 cm³/mol. The number of carbonyl (C=O) groups is 2. The second-order valence-corrected chi connectivity index (χ2v) is 7.65. The summed E-state index contributed by atoms with van der Waals surface area (Å²) in [6.45, 7) is 6.46. The Morgan fingerprint density at radius 2 is 1.41 bits per heavy atom. The van der Waals surface area contributed by atoms with E-state index in [0.717, 1.165) is 32.3 Å². The van der Waals surface area contributed by atoms with Crippen molar-refractivity contribution in [1.29, 1.82) is 0 Å². The molecule has 29 heavy (non-hydrogen) atoms. The van der Waals surface area contributed by atoms with Crippen molar-refractivity contribution in [3.63, 3.8) is 0 Å². The number of unbranched alkanes of at least 4 members (excludes halogenated alkanes) is 8. The molecule has 6 nitrogen and oxygen atoms in total. The van der Waals surface area contributed by atoms with E-state index in [1.807, 2.05) is 0 Å². The van der Waals surface area contributed by atoms with Crippen LogP contribution in [0.2, 0.25) is 0 Å². The van der Waals surface area contributed by atoms with Crippen LogP contribution in [0.15, 0.2) is 0 Å². The van der Waals surface area contributed by atoms with E-state index < -0.39 is 5.97 Å². The number of carboxylic acids is 1. The molecule has 0 fully saturated rings. The molecule has 0 aliphatic rings. The van der Waals surface area contributed by atoms with Crippen molar-refractivity contribution < 1.29 is 28.9 Å². The largest absolute Gasteiger partial charge is 0.481 e. The van der Waals surface area contributed by atoms with E-state index in [1.54, 1.807) is 0 Å². The van der Waals surface area contributed by atoms with Gasteiger partial charge in [0.15, 0.2) is 0 Å². The van der Waals surface area contributed by atoms with Crippen LogP contribution in [0.3, 0.4) is 0 Å². The average molecular weight is 417 g/mol. The number of rotatable bonds is 22. The van der Waals surface area contributed by atoms with Crippen molar-refractivity contribution in [1.82, 2.24) is 0 Å². The van der Waals surface area contributed by atoms with Crippen LogP contribution in [0.5, 0.6) is 0 Å². The lowest BCUT2D eigenvalue weighted by Crippen LogP contribution is -2.24. The first-order valence-electron chi connectivity index (χ1n) is 11.7. The molecule has 0 spiro atoms. The monoisotopic (exact) mass is 416 g/mol. The quantitative estimate of drug-likeness (QED) is 0.185. The summed E-state index contributed by atoms with van der Waals surface area (Å²) in [7, 11) is 0. The minimum Gasteiger partial charge on any atom is -0.481 e. The number of aliphatic carboxylic acids is 1. The third-order valence-electron chi connectivity index (χ3n) is 4.80. The zero-order valence-electron chi connectivity index (χ0n) is 18.8. The highest BCUT2D eigenvalue weighted by molar-refractivity contribution is 5.69. The molecule has 0 amide bonds. The molecule has 0 saturated carbocycles. The Bertz CT molecular complexity index is 386. The first-order valence-corrected chi connectivity index (χ1v) is 11.7. The SMILES string of the molecule is CCCCCCCCCC(COC(=O)CCCCC(=O)O)OCCOCCCC. The molecule has 0 aromatic heterocycles. The Morgan fingerprint density at radius 1 is 0.759 bits per heavy atom. The molecule has 1 N–H and O–H groups in total. The molecule has 0 bridgehead atoms. The number of carbonyl (C=O) groups excluding carboxylic acids is 1. The van der Waals surface area contributed by atoms with Gasteiger partial charge in [-0.15, -0.1) is 0 Å². The lowest BCUT2D eigenvalue weighted by Gasteiger charge is -2.18. The van der Waals surface area contributed by atoms with Gasteiger partial charge in [0.2, 0.25) is 0 Å². The summed E-state index contributed by atoms with van der Waals surface area (Å²) in [4.78, 5) is 22.4. The second-order valence-electron chi connectivity index (χ2n) is 7.65. The van der Waals surface area contributed by atoms with Crippen LogP contribution in [-0.4, -0.2) is 49.6 Å². The molecular weight excluding hydrogens is 372 g/mol. The fourth-order valence-electron chi connectivity index (χ4n) is 2.97. The van der Waals surface area contributed by atoms with Gasteiger partial charge in [0, 0.05) is 19.4 Å². The first-order chi connectivity index (χ1) is 14.1. The van der Waals surface area contributed by atoms with E-state index in [1.165, 1.54) is 38.5 Å². The van der Waals surface area contributed by atoms with Gasteiger partial charge in [-0.3, -0.25) is 9.59 Å². The van der Waals surface area contributed by atoms with Crippen LogP contribution in [0.25, 0.3) is 0 Å². The normalized spacial score (nSPS) is 12.1. The molecule has 0 saturated heterocycles. The molecule has 6 heteroatoms. The predicted octanol–water partition coefficient (Wildman–Crippen LogP) is 5.52. The Balaban J connectivity index is 4.02. The molecule has 0 aromatic rings. The van der Waals surface area contributed by atoms with E-state index >= 15 is 0 Å². The third kappa shape index (κ3) is 21.4. The van der Waals surface area contributed by atoms with Crippen molar-refractivity contribution in [2.75, 3.05) is 26.4 Å². The smallest absolute Gasteiger partial charge is 0.305 e. The van der Waals surface area contributed by atoms with Crippen LogP contribution in [0.4, 0.5) is 0 Å². The van der Waals surface area contributed by atoms with E-state index in [-0.39, 0.29) is 31.5 Å². The molecule has 0 aromatic carbocycles. The van der Waals surface area contributed by atoms with Gasteiger partial charge in [-0.1, -0.05) is 65.2 Å². The maximum atomic E-state index is 11.9. The fourth-order valence-corrected chi connectivity index (χ4v) is 2.97. The summed E-state index contributed by atoms with van der Waals surface area (Å²) in [5.41, 5.74) is 0. The number of esters is 1. The summed E-state index contributed by atoms with van der Waals surface area (Å²) >= 11 is 0. The lowest BCUT2D eigenvalue weighted by atomic mass is 10.1. The van der Waals surface area contributed by atoms with Crippen molar-refractivity contribution in [3.05, 3.63) is 0 Å². The van der Waals surface area contributed by atoms with Crippen LogP contribution in [0.1, 0.15) is 104 Å². The highest BCUT2D eigenvalue weighted by atomic mass is 16.6. The number of carboxylic acid groups (broad SMARTS) is 1. The van der Waals surface area contributed by atoms with Crippen LogP contribution in [0, 0.1) is 0 Å². The topological polar surface area (TPSA) is 82.1 Å². The maximum absolute atomic E-state index is 11.9. The Labute approximate surface area is 177 Å². The van der Waals surface area contributed by atoms with Gasteiger partial charge in [-0.05, 0) is 25.7 Å². The van der Waals surface area contributed by atoms with E-state index in [2.05, 4.69) is 13.8 Å². The summed E-state index contributed by atoms with van der Waals surface area (Å²) in [5.74, 6) is -1.11. The Morgan fingerprint density at radius 3 is 2.10 bits per heavy atom. The highest BCUT2D eigenvalue weighted by Crippen LogP contribution is 2.12. The maximum Gasteiger partial charge on any atom is 0.305 e. The molecular formula is C23H44O6. The summed E-state index contributed by atoms with van der Waals surface area (Å²) in [5, 5.41) is 8.63. The minimum atomic E-state index is -0.831. The molecule has 1 atom stereocenters. The Hall–Kier alpha value is -1.14. The minimum absolute atomic E-state index is 0.0926. The molecule has 0 rings (SSSR count). The van der Waals surface area contributed by atoms with Crippen molar-refractivity contribution in [3.8, 4) is 0 Å². The van der Waals surface area contributed by atoms with E-state index in [4.69, 9.17) is 19.3 Å². The first kappa shape index (κ1) is 27.9.